The van der Waals surface area contributed by atoms with Crippen molar-refractivity contribution < 1.29 is 9.47 Å². The minimum absolute atomic E-state index is 0.0867. The van der Waals surface area contributed by atoms with Gasteiger partial charge in [0.25, 0.3) is 5.56 Å². The van der Waals surface area contributed by atoms with Crippen LogP contribution in [0, 0.1) is 6.92 Å². The second kappa shape index (κ2) is 7.67. The minimum atomic E-state index is -0.169. The number of benzene rings is 2. The lowest BCUT2D eigenvalue weighted by Crippen LogP contribution is -2.22. The van der Waals surface area contributed by atoms with Gasteiger partial charge in [0.15, 0.2) is 11.4 Å². The standard InChI is InChI=1S/C22H21N3O3S/c1-14-6-2-5-9-17(14)25-21(26)20-19(15-7-3-4-8-16(15)23-20)24-22(25)29-13-10-18-27-11-12-28-18/h2-9,18,23H,10-13H2,1H3. The van der Waals surface area contributed by atoms with Crippen LogP contribution in [0.25, 0.3) is 27.6 Å². The zero-order chi connectivity index (χ0) is 19.8. The molecule has 0 spiro atoms. The van der Waals surface area contributed by atoms with E-state index in [0.717, 1.165) is 34.3 Å². The minimum Gasteiger partial charge on any atom is -0.350 e. The van der Waals surface area contributed by atoms with Gasteiger partial charge in [0.05, 0.1) is 18.9 Å². The van der Waals surface area contributed by atoms with Gasteiger partial charge in [-0.3, -0.25) is 9.36 Å². The first-order valence-electron chi connectivity index (χ1n) is 9.68. The second-order valence-corrected chi connectivity index (χ2v) is 8.09. The molecule has 1 aliphatic rings. The maximum absolute atomic E-state index is 13.5. The summed E-state index contributed by atoms with van der Waals surface area (Å²) in [7, 11) is 0. The molecule has 1 N–H and O–H groups in total. The first kappa shape index (κ1) is 18.4. The number of aromatic amines is 1. The molecule has 7 heteroatoms. The number of hydrogen-bond acceptors (Lipinski definition) is 5. The molecule has 0 atom stereocenters. The van der Waals surface area contributed by atoms with Gasteiger partial charge in [0.1, 0.15) is 11.0 Å². The SMILES string of the molecule is Cc1ccccc1-n1c(SCCC2OCCO2)nc2c([nH]c3ccccc32)c1=O. The van der Waals surface area contributed by atoms with Crippen molar-refractivity contribution in [3.05, 3.63) is 64.4 Å². The summed E-state index contributed by atoms with van der Waals surface area (Å²) in [6, 6.07) is 15.8. The number of para-hydroxylation sites is 2. The Morgan fingerprint density at radius 3 is 2.72 bits per heavy atom. The van der Waals surface area contributed by atoms with Crippen molar-refractivity contribution in [3.63, 3.8) is 0 Å². The van der Waals surface area contributed by atoms with Crippen LogP contribution in [0.1, 0.15) is 12.0 Å². The lowest BCUT2D eigenvalue weighted by Gasteiger charge is -2.15. The molecule has 148 valence electrons. The largest absolute Gasteiger partial charge is 0.350 e. The van der Waals surface area contributed by atoms with Crippen molar-refractivity contribution in [1.82, 2.24) is 14.5 Å². The van der Waals surface area contributed by atoms with Crippen molar-refractivity contribution in [3.8, 4) is 5.69 Å². The van der Waals surface area contributed by atoms with Gasteiger partial charge in [0.2, 0.25) is 0 Å². The van der Waals surface area contributed by atoms with Crippen molar-refractivity contribution in [1.29, 1.82) is 0 Å². The third kappa shape index (κ3) is 3.35. The summed E-state index contributed by atoms with van der Waals surface area (Å²) in [5, 5.41) is 1.64. The monoisotopic (exact) mass is 407 g/mol. The normalized spacial score (nSPS) is 14.9. The second-order valence-electron chi connectivity index (χ2n) is 7.02. The van der Waals surface area contributed by atoms with E-state index in [0.29, 0.717) is 29.4 Å². The van der Waals surface area contributed by atoms with Crippen LogP contribution in [0.3, 0.4) is 0 Å². The average Bonchev–Trinajstić information content (AvgIpc) is 3.37. The first-order chi connectivity index (χ1) is 14.2. The van der Waals surface area contributed by atoms with Crippen LogP contribution in [0.2, 0.25) is 0 Å². The molecule has 4 aromatic rings. The maximum Gasteiger partial charge on any atom is 0.283 e. The topological polar surface area (TPSA) is 69.1 Å². The van der Waals surface area contributed by atoms with Gasteiger partial charge in [-0.25, -0.2) is 4.98 Å². The summed E-state index contributed by atoms with van der Waals surface area (Å²) < 4.78 is 12.8. The molecule has 1 saturated heterocycles. The number of nitrogens with one attached hydrogen (secondary N) is 1. The van der Waals surface area contributed by atoms with Crippen LogP contribution < -0.4 is 5.56 Å². The molecule has 6 nitrogen and oxygen atoms in total. The fraction of sp³-hybridized carbons (Fsp3) is 0.273. The Bertz CT molecular complexity index is 1240. The van der Waals surface area contributed by atoms with Crippen molar-refractivity contribution in [2.75, 3.05) is 19.0 Å². The molecule has 0 saturated carbocycles. The van der Waals surface area contributed by atoms with Crippen LogP contribution in [-0.2, 0) is 9.47 Å². The highest BCUT2D eigenvalue weighted by molar-refractivity contribution is 7.99. The fourth-order valence-corrected chi connectivity index (χ4v) is 4.65. The van der Waals surface area contributed by atoms with E-state index in [2.05, 4.69) is 4.98 Å². The number of hydrogen-bond donors (Lipinski definition) is 1. The molecule has 0 radical (unpaired) electrons. The zero-order valence-corrected chi connectivity index (χ0v) is 16.9. The van der Waals surface area contributed by atoms with Crippen LogP contribution in [0.15, 0.2) is 58.5 Å². The summed E-state index contributed by atoms with van der Waals surface area (Å²) in [6.07, 6.45) is 0.582. The highest BCUT2D eigenvalue weighted by atomic mass is 32.2. The lowest BCUT2D eigenvalue weighted by atomic mass is 10.2. The number of nitrogens with zero attached hydrogens (tertiary/aromatic N) is 2. The highest BCUT2D eigenvalue weighted by Crippen LogP contribution is 2.28. The Balaban J connectivity index is 1.65. The van der Waals surface area contributed by atoms with E-state index in [1.807, 2.05) is 55.5 Å². The number of H-pyrrole nitrogens is 1. The molecule has 0 unspecified atom stereocenters. The molecular weight excluding hydrogens is 386 g/mol. The number of rotatable bonds is 5. The molecular formula is C22H21N3O3S. The van der Waals surface area contributed by atoms with Gasteiger partial charge in [-0.15, -0.1) is 0 Å². The van der Waals surface area contributed by atoms with Gasteiger partial charge in [-0.05, 0) is 24.6 Å². The Morgan fingerprint density at radius 2 is 1.90 bits per heavy atom. The molecule has 2 aromatic heterocycles. The third-order valence-corrected chi connectivity index (χ3v) is 6.10. The van der Waals surface area contributed by atoms with Crippen LogP contribution in [0.4, 0.5) is 0 Å². The Kier molecular flexibility index (Phi) is 4.87. The van der Waals surface area contributed by atoms with Crippen molar-refractivity contribution >= 4 is 33.7 Å². The van der Waals surface area contributed by atoms with Crippen LogP contribution >= 0.6 is 11.8 Å². The molecule has 2 aromatic carbocycles. The predicted octanol–water partition coefficient (Wildman–Crippen LogP) is 4.03. The molecule has 3 heterocycles. The average molecular weight is 407 g/mol. The number of thioether (sulfide) groups is 1. The molecule has 1 aliphatic heterocycles. The smallest absolute Gasteiger partial charge is 0.283 e. The third-order valence-electron chi connectivity index (χ3n) is 5.13. The summed E-state index contributed by atoms with van der Waals surface area (Å²) in [4.78, 5) is 21.7. The predicted molar refractivity (Wildman–Crippen MR) is 115 cm³/mol. The van der Waals surface area contributed by atoms with Gasteiger partial charge in [-0.2, -0.15) is 0 Å². The van der Waals surface area contributed by atoms with Crippen LogP contribution in [-0.4, -0.2) is 39.8 Å². The molecule has 1 fully saturated rings. The highest BCUT2D eigenvalue weighted by Gasteiger charge is 2.20. The van der Waals surface area contributed by atoms with E-state index in [9.17, 15) is 4.79 Å². The van der Waals surface area contributed by atoms with Gasteiger partial charge >= 0.3 is 0 Å². The summed E-state index contributed by atoms with van der Waals surface area (Å²) in [6.45, 7) is 3.29. The summed E-state index contributed by atoms with van der Waals surface area (Å²) in [5.41, 5.74) is 3.94. The molecule has 0 aliphatic carbocycles. The zero-order valence-electron chi connectivity index (χ0n) is 16.1. The maximum atomic E-state index is 13.5. The first-order valence-corrected chi connectivity index (χ1v) is 10.7. The molecule has 0 bridgehead atoms. The molecule has 0 amide bonds. The number of aryl methyl sites for hydroxylation is 1. The number of fused-ring (bicyclic) bond motifs is 3. The van der Waals surface area contributed by atoms with Gasteiger partial charge in [0, 0.05) is 23.1 Å². The quantitative estimate of drug-likeness (QED) is 0.400. The Hall–Kier alpha value is -2.61. The molecule has 29 heavy (non-hydrogen) atoms. The summed E-state index contributed by atoms with van der Waals surface area (Å²) >= 11 is 1.56. The van der Waals surface area contributed by atoms with E-state index in [4.69, 9.17) is 14.5 Å². The fourth-order valence-electron chi connectivity index (χ4n) is 3.69. The summed E-state index contributed by atoms with van der Waals surface area (Å²) in [5.74, 6) is 0.747. The number of aromatic nitrogens is 3. The Morgan fingerprint density at radius 1 is 1.14 bits per heavy atom. The number of ether oxygens (including phenoxy) is 2. The van der Waals surface area contributed by atoms with Gasteiger partial charge in [-0.1, -0.05) is 48.2 Å². The van der Waals surface area contributed by atoms with E-state index in [-0.39, 0.29) is 11.8 Å². The van der Waals surface area contributed by atoms with E-state index < -0.39 is 0 Å². The lowest BCUT2D eigenvalue weighted by molar-refractivity contribution is -0.0421. The van der Waals surface area contributed by atoms with Gasteiger partial charge < -0.3 is 14.5 Å². The Labute approximate surface area is 171 Å². The van der Waals surface area contributed by atoms with E-state index >= 15 is 0 Å². The van der Waals surface area contributed by atoms with E-state index in [1.165, 1.54) is 0 Å². The van der Waals surface area contributed by atoms with Crippen LogP contribution in [0.5, 0.6) is 0 Å². The van der Waals surface area contributed by atoms with E-state index in [1.54, 1.807) is 16.3 Å². The van der Waals surface area contributed by atoms with Crippen molar-refractivity contribution in [2.24, 2.45) is 0 Å². The van der Waals surface area contributed by atoms with Crippen molar-refractivity contribution in [2.45, 2.75) is 24.8 Å². The molecule has 5 rings (SSSR count).